The van der Waals surface area contributed by atoms with E-state index in [0.717, 1.165) is 30.4 Å². The number of allylic oxidation sites excluding steroid dienone is 2. The third-order valence-corrected chi connectivity index (χ3v) is 7.02. The molecular weight excluding hydrogens is 442 g/mol. The van der Waals surface area contributed by atoms with E-state index in [9.17, 15) is 9.59 Å². The second-order valence-corrected chi connectivity index (χ2v) is 9.77. The van der Waals surface area contributed by atoms with Gasteiger partial charge in [-0.3, -0.25) is 14.6 Å². The minimum absolute atomic E-state index is 0.0265. The van der Waals surface area contributed by atoms with Gasteiger partial charge in [-0.2, -0.15) is 0 Å². The van der Waals surface area contributed by atoms with E-state index in [1.165, 1.54) is 17.3 Å². The number of carbonyl (C=O) groups is 2. The Morgan fingerprint density at radius 2 is 2.00 bits per heavy atom. The highest BCUT2D eigenvalue weighted by Crippen LogP contribution is 2.31. The van der Waals surface area contributed by atoms with Crippen molar-refractivity contribution in [2.75, 3.05) is 12.8 Å². The van der Waals surface area contributed by atoms with Crippen LogP contribution in [0.5, 0.6) is 0 Å². The predicted molar refractivity (Wildman–Crippen MR) is 141 cm³/mol. The van der Waals surface area contributed by atoms with E-state index < -0.39 is 6.04 Å². The molecule has 0 saturated carbocycles. The van der Waals surface area contributed by atoms with Crippen LogP contribution in [0.1, 0.15) is 61.8 Å². The van der Waals surface area contributed by atoms with Gasteiger partial charge in [-0.05, 0) is 60.3 Å². The van der Waals surface area contributed by atoms with Crippen molar-refractivity contribution in [2.45, 2.75) is 57.5 Å². The first-order chi connectivity index (χ1) is 16.4. The van der Waals surface area contributed by atoms with Crippen molar-refractivity contribution in [3.63, 3.8) is 0 Å². The molecule has 2 aromatic rings. The zero-order valence-corrected chi connectivity index (χ0v) is 21.2. The summed E-state index contributed by atoms with van der Waals surface area (Å²) in [7, 11) is 0. The van der Waals surface area contributed by atoms with Gasteiger partial charge in [0.2, 0.25) is 5.91 Å². The lowest BCUT2D eigenvalue weighted by Gasteiger charge is -2.38. The Kier molecular flexibility index (Phi) is 9.52. The topological polar surface area (TPSA) is 62.3 Å². The third kappa shape index (κ3) is 6.60. The summed E-state index contributed by atoms with van der Waals surface area (Å²) < 4.78 is 0. The van der Waals surface area contributed by atoms with Gasteiger partial charge < -0.3 is 10.2 Å². The lowest BCUT2D eigenvalue weighted by molar-refractivity contribution is -0.139. The molecule has 0 spiro atoms. The summed E-state index contributed by atoms with van der Waals surface area (Å²) in [5.41, 5.74) is 3.32. The molecule has 34 heavy (non-hydrogen) atoms. The van der Waals surface area contributed by atoms with Crippen molar-refractivity contribution < 1.29 is 9.59 Å². The fraction of sp³-hybridized carbons (Fsp3) is 0.393. The van der Waals surface area contributed by atoms with Gasteiger partial charge in [0.05, 0.1) is 10.9 Å². The van der Waals surface area contributed by atoms with E-state index in [-0.39, 0.29) is 17.9 Å². The molecule has 2 atom stereocenters. The SMILES string of the molecule is C=C/C=C(\SC)C(=O)NC(Cc1ccc(C(C)C)cc1)C(=O)N1CCCCC1c1cccnc1. The van der Waals surface area contributed by atoms with Crippen LogP contribution in [0.25, 0.3) is 0 Å². The van der Waals surface area contributed by atoms with Crippen molar-refractivity contribution in [1.29, 1.82) is 0 Å². The third-order valence-electron chi connectivity index (χ3n) is 6.26. The Labute approximate surface area is 207 Å². The molecule has 5 nitrogen and oxygen atoms in total. The molecule has 1 aliphatic heterocycles. The first-order valence-electron chi connectivity index (χ1n) is 11.9. The molecule has 2 heterocycles. The number of hydrogen-bond acceptors (Lipinski definition) is 4. The summed E-state index contributed by atoms with van der Waals surface area (Å²) >= 11 is 1.35. The first kappa shape index (κ1) is 25.8. The van der Waals surface area contributed by atoms with Crippen molar-refractivity contribution in [2.24, 2.45) is 0 Å². The van der Waals surface area contributed by atoms with E-state index in [1.54, 1.807) is 18.3 Å². The molecule has 3 rings (SSSR count). The molecule has 1 saturated heterocycles. The zero-order valence-electron chi connectivity index (χ0n) is 20.4. The molecule has 0 radical (unpaired) electrons. The van der Waals surface area contributed by atoms with E-state index in [0.29, 0.717) is 23.8 Å². The number of piperidine rings is 1. The average molecular weight is 478 g/mol. The minimum atomic E-state index is -0.657. The van der Waals surface area contributed by atoms with Gasteiger partial charge in [0.25, 0.3) is 5.91 Å². The molecule has 6 heteroatoms. The maximum Gasteiger partial charge on any atom is 0.258 e. The van der Waals surface area contributed by atoms with Crippen LogP contribution in [0.4, 0.5) is 0 Å². The summed E-state index contributed by atoms with van der Waals surface area (Å²) in [6.07, 6.45) is 12.1. The predicted octanol–water partition coefficient (Wildman–Crippen LogP) is 5.42. The van der Waals surface area contributed by atoms with Crippen LogP contribution in [0, 0.1) is 0 Å². The van der Waals surface area contributed by atoms with Crippen LogP contribution in [0.15, 0.2) is 72.4 Å². The second-order valence-electron chi connectivity index (χ2n) is 8.93. The van der Waals surface area contributed by atoms with Gasteiger partial charge in [-0.1, -0.05) is 56.8 Å². The monoisotopic (exact) mass is 477 g/mol. The molecule has 0 bridgehead atoms. The van der Waals surface area contributed by atoms with Crippen LogP contribution in [0.2, 0.25) is 0 Å². The number of carbonyl (C=O) groups excluding carboxylic acids is 2. The molecule has 1 N–H and O–H groups in total. The van der Waals surface area contributed by atoms with Crippen molar-refractivity contribution in [3.8, 4) is 0 Å². The minimum Gasteiger partial charge on any atom is -0.339 e. The Balaban J connectivity index is 1.89. The number of likely N-dealkylation sites (tertiary alicyclic amines) is 1. The molecule has 1 aromatic heterocycles. The maximum absolute atomic E-state index is 13.9. The molecule has 1 aromatic carbocycles. The Bertz CT molecular complexity index is 1000. The van der Waals surface area contributed by atoms with E-state index in [4.69, 9.17) is 0 Å². The fourth-order valence-electron chi connectivity index (χ4n) is 4.36. The van der Waals surface area contributed by atoms with E-state index in [1.807, 2.05) is 29.5 Å². The van der Waals surface area contributed by atoms with Crippen molar-refractivity contribution in [3.05, 3.63) is 89.1 Å². The number of aromatic nitrogens is 1. The van der Waals surface area contributed by atoms with Crippen molar-refractivity contribution in [1.82, 2.24) is 15.2 Å². The van der Waals surface area contributed by atoms with Gasteiger partial charge in [-0.15, -0.1) is 11.8 Å². The number of amides is 2. The van der Waals surface area contributed by atoms with Gasteiger partial charge in [0, 0.05) is 25.4 Å². The van der Waals surface area contributed by atoms with E-state index in [2.05, 4.69) is 55.0 Å². The van der Waals surface area contributed by atoms with E-state index >= 15 is 0 Å². The lowest BCUT2D eigenvalue weighted by Crippen LogP contribution is -2.52. The van der Waals surface area contributed by atoms with Gasteiger partial charge in [-0.25, -0.2) is 0 Å². The highest BCUT2D eigenvalue weighted by molar-refractivity contribution is 8.03. The first-order valence-corrected chi connectivity index (χ1v) is 13.1. The summed E-state index contributed by atoms with van der Waals surface area (Å²) in [6, 6.07) is 11.6. The summed E-state index contributed by atoms with van der Waals surface area (Å²) in [4.78, 5) is 33.7. The average Bonchev–Trinajstić information content (AvgIpc) is 2.87. The van der Waals surface area contributed by atoms with Crippen LogP contribution >= 0.6 is 11.8 Å². The number of rotatable bonds is 9. The summed E-state index contributed by atoms with van der Waals surface area (Å²) in [5.74, 6) is 0.140. The molecular formula is C28H35N3O2S. The number of pyridine rings is 1. The van der Waals surface area contributed by atoms with Crippen LogP contribution in [0.3, 0.4) is 0 Å². The van der Waals surface area contributed by atoms with Crippen LogP contribution in [-0.2, 0) is 16.0 Å². The molecule has 2 unspecified atom stereocenters. The highest BCUT2D eigenvalue weighted by Gasteiger charge is 2.33. The van der Waals surface area contributed by atoms with Crippen LogP contribution in [-0.4, -0.2) is 40.5 Å². The quantitative estimate of drug-likeness (QED) is 0.387. The number of benzene rings is 1. The zero-order chi connectivity index (χ0) is 24.5. The molecule has 1 aliphatic rings. The molecule has 2 amide bonds. The number of nitrogens with zero attached hydrogens (tertiary/aromatic N) is 2. The van der Waals surface area contributed by atoms with Gasteiger partial charge >= 0.3 is 0 Å². The fourth-order valence-corrected chi connectivity index (χ4v) is 4.84. The second kappa shape index (κ2) is 12.6. The lowest BCUT2D eigenvalue weighted by atomic mass is 9.94. The molecule has 0 aliphatic carbocycles. The highest BCUT2D eigenvalue weighted by atomic mass is 32.2. The molecule has 1 fully saturated rings. The number of thioether (sulfide) groups is 1. The Hall–Kier alpha value is -2.86. The Morgan fingerprint density at radius 1 is 1.24 bits per heavy atom. The maximum atomic E-state index is 13.9. The summed E-state index contributed by atoms with van der Waals surface area (Å²) in [6.45, 7) is 8.70. The molecule has 180 valence electrons. The largest absolute Gasteiger partial charge is 0.339 e. The number of hydrogen-bond donors (Lipinski definition) is 1. The standard InChI is InChI=1S/C28H35N3O2S/c1-5-9-26(34-4)27(32)30-24(18-21-12-14-22(15-13-21)20(2)3)28(33)31-17-7-6-11-25(31)23-10-8-16-29-19-23/h5,8-10,12-16,19-20,24-25H,1,6-7,11,17-18H2,2-4H3,(H,30,32)/b26-9-. The summed E-state index contributed by atoms with van der Waals surface area (Å²) in [5, 5.41) is 3.03. The van der Waals surface area contributed by atoms with Gasteiger partial charge in [0.15, 0.2) is 0 Å². The number of nitrogens with one attached hydrogen (secondary N) is 1. The Morgan fingerprint density at radius 3 is 2.62 bits per heavy atom. The normalized spacial score (nSPS) is 17.4. The van der Waals surface area contributed by atoms with Crippen molar-refractivity contribution >= 4 is 23.6 Å². The van der Waals surface area contributed by atoms with Crippen LogP contribution < -0.4 is 5.32 Å². The smallest absolute Gasteiger partial charge is 0.258 e. The van der Waals surface area contributed by atoms with Gasteiger partial charge in [0.1, 0.15) is 6.04 Å².